The molecule has 4 N–H and O–H groups in total. The van der Waals surface area contributed by atoms with Crippen LogP contribution in [0.2, 0.25) is 0 Å². The van der Waals surface area contributed by atoms with Crippen molar-refractivity contribution in [1.29, 1.82) is 5.31 Å². The second-order valence-electron chi connectivity index (χ2n) is 14.7. The van der Waals surface area contributed by atoms with Gasteiger partial charge in [-0.05, 0) is 42.2 Å². The number of esters is 1. The first-order chi connectivity index (χ1) is 29.4. The number of methoxy groups -OCH3 is 1. The maximum absolute atomic E-state index is 14.4. The Bertz CT molecular complexity index is 1880. The zero-order valence-electron chi connectivity index (χ0n) is 34.8. The van der Waals surface area contributed by atoms with Crippen LogP contribution in [-0.4, -0.2) is 92.5 Å². The Labute approximate surface area is 357 Å². The number of ketones is 3. The number of hydrogen-bond donors (Lipinski definition) is 4. The van der Waals surface area contributed by atoms with E-state index in [0.29, 0.717) is 38.0 Å². The van der Waals surface area contributed by atoms with Gasteiger partial charge in [0.15, 0.2) is 0 Å². The molecule has 2 amide bonds. The molecule has 61 heavy (non-hydrogen) atoms. The van der Waals surface area contributed by atoms with Crippen LogP contribution in [0.4, 0.5) is 0 Å². The van der Waals surface area contributed by atoms with Crippen LogP contribution < -0.4 is 10.6 Å². The number of hydrogen-bond acceptors (Lipinski definition) is 13. The van der Waals surface area contributed by atoms with Crippen molar-refractivity contribution >= 4 is 48.4 Å². The third kappa shape index (κ3) is 19.8. The minimum Gasteiger partial charge on any atom is -0.508 e. The van der Waals surface area contributed by atoms with Gasteiger partial charge in [0.05, 0.1) is 0 Å². The number of aromatic hydroxyl groups is 1. The molecule has 0 spiro atoms. The normalized spacial score (nSPS) is 12.8. The molecule has 0 aliphatic carbocycles. The van der Waals surface area contributed by atoms with E-state index in [-0.39, 0.29) is 76.1 Å². The Morgan fingerprint density at radius 2 is 1.26 bits per heavy atom. The van der Waals surface area contributed by atoms with Gasteiger partial charge in [-0.3, -0.25) is 4.79 Å². The zero-order valence-corrected chi connectivity index (χ0v) is 34.8. The van der Waals surface area contributed by atoms with E-state index in [1.807, 2.05) is 6.07 Å². The summed E-state index contributed by atoms with van der Waals surface area (Å²) < 4.78 is 20.5. The van der Waals surface area contributed by atoms with Crippen molar-refractivity contribution in [2.45, 2.75) is 89.8 Å². The van der Waals surface area contributed by atoms with Gasteiger partial charge in [0.1, 0.15) is 18.1 Å². The quantitative estimate of drug-likeness (QED) is 0.0412. The van der Waals surface area contributed by atoms with Gasteiger partial charge in [-0.1, -0.05) is 72.8 Å². The van der Waals surface area contributed by atoms with Crippen LogP contribution in [0.5, 0.6) is 5.75 Å². The van der Waals surface area contributed by atoms with Crippen molar-refractivity contribution in [2.24, 2.45) is 11.8 Å². The summed E-state index contributed by atoms with van der Waals surface area (Å²) in [5, 5.41) is 22.4. The van der Waals surface area contributed by atoms with Crippen LogP contribution >= 0.6 is 0 Å². The van der Waals surface area contributed by atoms with E-state index < -0.39 is 65.7 Å². The van der Waals surface area contributed by atoms with E-state index in [4.69, 9.17) is 19.5 Å². The Morgan fingerprint density at radius 1 is 0.656 bits per heavy atom. The smallest absolute Gasteiger partial charge is 0.508 e. The van der Waals surface area contributed by atoms with Crippen molar-refractivity contribution in [2.75, 3.05) is 26.9 Å². The van der Waals surface area contributed by atoms with Crippen LogP contribution in [0.25, 0.3) is 0 Å². The van der Waals surface area contributed by atoms with E-state index in [1.54, 1.807) is 66.7 Å². The molecule has 0 saturated carbocycles. The fourth-order valence-electron chi connectivity index (χ4n) is 6.48. The fourth-order valence-corrected chi connectivity index (χ4v) is 6.48. The number of Topliss-reactive ketones (excluding diaryl/α,β-unsaturated/α-hetero) is 3. The number of amides is 2. The summed E-state index contributed by atoms with van der Waals surface area (Å²) >= 11 is 0. The summed E-state index contributed by atoms with van der Waals surface area (Å²) in [6, 6.07) is 21.8. The fraction of sp³-hybridized carbons (Fsp3) is 0.444. The predicted octanol–water partition coefficient (Wildman–Crippen LogP) is 4.56. The van der Waals surface area contributed by atoms with E-state index in [1.165, 1.54) is 26.2 Å². The average molecular weight is 842 g/mol. The van der Waals surface area contributed by atoms with E-state index >= 15 is 0 Å². The Kier molecular flexibility index (Phi) is 22.6. The molecule has 0 aliphatic heterocycles. The number of nitrogens with one attached hydrogen (secondary N) is 3. The Balaban J connectivity index is 1.88. The van der Waals surface area contributed by atoms with Crippen molar-refractivity contribution in [1.82, 2.24) is 10.6 Å². The molecule has 3 aromatic rings. The summed E-state index contributed by atoms with van der Waals surface area (Å²) in [5.74, 6) is -5.88. The number of carbonyl (C=O) groups excluding carboxylic acids is 7. The molecule has 0 heterocycles. The summed E-state index contributed by atoms with van der Waals surface area (Å²) in [5.41, 5.74) is 2.15. The first-order valence-corrected chi connectivity index (χ1v) is 20.3. The van der Waals surface area contributed by atoms with Crippen LogP contribution in [0.15, 0.2) is 84.9 Å². The van der Waals surface area contributed by atoms with Gasteiger partial charge in [0.25, 0.3) is 0 Å². The molecule has 0 radical (unpaired) electrons. The van der Waals surface area contributed by atoms with Crippen LogP contribution in [0, 0.1) is 17.1 Å². The van der Waals surface area contributed by atoms with Crippen molar-refractivity contribution in [3.63, 3.8) is 0 Å². The van der Waals surface area contributed by atoms with Gasteiger partial charge < -0.3 is 14.6 Å². The van der Waals surface area contributed by atoms with Crippen molar-refractivity contribution in [3.8, 4) is 5.75 Å². The molecule has 326 valence electrons. The monoisotopic (exact) mass is 841 g/mol. The number of ether oxygens (including phenoxy) is 3. The molecule has 0 unspecified atom stereocenters. The molecular formula is C45H56BN3O12. The van der Waals surface area contributed by atoms with Crippen LogP contribution in [0.3, 0.4) is 0 Å². The standard InChI is InChI=1S/C45H56BN3O12/c1-31(50)26-36(27-33-15-18-37(51)19-16-33)45(57)49-39(28-32-10-5-3-6-11-32)41(53)29-35(17-21-42(54)60-30-34-12-7-4-8-13-34)44(56)48-38(20-22-43(55)61-46-47)40(52)14-9-23-59-25-24-58-2/h3-8,10-13,15-16,18-19,35-36,38-39,47,51H,9,14,17,20-30H2,1-2H3,(H,48,56)(H,49,57)/t35-,36+,38-,39-/m1/s1. The molecule has 16 heteroatoms. The average Bonchev–Trinajstić information content (AvgIpc) is 3.24. The van der Waals surface area contributed by atoms with Gasteiger partial charge in [-0.25, -0.2) is 0 Å². The molecule has 0 saturated heterocycles. The molecule has 15 nitrogen and oxygen atoms in total. The van der Waals surface area contributed by atoms with Gasteiger partial charge >= 0.3 is 180 Å². The molecule has 0 bridgehead atoms. The number of phenols is 1. The van der Waals surface area contributed by atoms with Crippen molar-refractivity contribution in [3.05, 3.63) is 102 Å². The summed E-state index contributed by atoms with van der Waals surface area (Å²) in [4.78, 5) is 93.4. The van der Waals surface area contributed by atoms with Crippen LogP contribution in [-0.2, 0) is 71.9 Å². The minimum atomic E-state index is -1.18. The first kappa shape index (κ1) is 49.5. The molecule has 0 fully saturated rings. The van der Waals surface area contributed by atoms with Gasteiger partial charge in [0.2, 0.25) is 5.91 Å². The van der Waals surface area contributed by atoms with E-state index in [2.05, 4.69) is 15.3 Å². The number of benzene rings is 3. The molecule has 4 atom stereocenters. The summed E-state index contributed by atoms with van der Waals surface area (Å²) in [6.07, 6.45) is -0.943. The predicted molar refractivity (Wildman–Crippen MR) is 224 cm³/mol. The first-order valence-electron chi connectivity index (χ1n) is 20.3. The molecule has 0 aromatic heterocycles. The minimum absolute atomic E-state index is 0.0101. The third-order valence-electron chi connectivity index (χ3n) is 9.75. The summed E-state index contributed by atoms with van der Waals surface area (Å²) in [7, 11) is 2.00. The number of carbonyl (C=O) groups is 7. The van der Waals surface area contributed by atoms with E-state index in [9.17, 15) is 38.7 Å². The number of rotatable bonds is 30. The Hall–Kier alpha value is -5.87. The molecule has 3 aromatic carbocycles. The van der Waals surface area contributed by atoms with E-state index in [0.717, 1.165) is 5.56 Å². The second-order valence-corrected chi connectivity index (χ2v) is 14.7. The Morgan fingerprint density at radius 3 is 1.90 bits per heavy atom. The zero-order chi connectivity index (χ0) is 44.4. The van der Waals surface area contributed by atoms with Gasteiger partial charge in [0, 0.05) is 19.4 Å². The SMILES string of the molecule is COCCOCCCC(=O)[C@@H](CCC(=O)OB=N)NC(=O)[C@H](CCC(=O)OCc1ccccc1)CC(=O)[C@@H](Cc1ccccc1)NC(=O)[C@@H](CC(C)=O)Cc1ccc(O)cc1. The third-order valence-corrected chi connectivity index (χ3v) is 9.75. The van der Waals surface area contributed by atoms with Crippen LogP contribution in [0.1, 0.15) is 75.0 Å². The molecule has 3 rings (SSSR count). The summed E-state index contributed by atoms with van der Waals surface area (Å²) in [6.45, 7) is 2.29. The molecule has 0 aliphatic rings. The number of phenolic OH excluding ortho intramolecular Hbond substituents is 1. The van der Waals surface area contributed by atoms with Crippen molar-refractivity contribution < 1.29 is 57.5 Å². The second kappa shape index (κ2) is 27.8. The maximum atomic E-state index is 14.4. The van der Waals surface area contributed by atoms with Gasteiger partial charge in [-0.2, -0.15) is 0 Å². The molecular weight excluding hydrogens is 785 g/mol. The topological polar surface area (TPSA) is 225 Å². The van der Waals surface area contributed by atoms with Gasteiger partial charge in [-0.15, -0.1) is 0 Å².